The summed E-state index contributed by atoms with van der Waals surface area (Å²) in [5.74, 6) is 1.35. The topological polar surface area (TPSA) is 85.8 Å². The first kappa shape index (κ1) is 14.4. The maximum atomic E-state index is 12.3. The summed E-state index contributed by atoms with van der Waals surface area (Å²) < 4.78 is 15.6. The van der Waals surface area contributed by atoms with Crippen molar-refractivity contribution in [2.24, 2.45) is 0 Å². The molecule has 1 amide bonds. The molecule has 0 aliphatic carbocycles. The Morgan fingerprint density at radius 2 is 2.23 bits per heavy atom. The molecular formula is C15H16N2O5. The normalized spacial score (nSPS) is 17.7. The van der Waals surface area contributed by atoms with Crippen molar-refractivity contribution in [3.8, 4) is 5.75 Å². The van der Waals surface area contributed by atoms with E-state index in [9.17, 15) is 9.59 Å². The van der Waals surface area contributed by atoms with E-state index >= 15 is 0 Å². The Morgan fingerprint density at radius 1 is 1.41 bits per heavy atom. The molecule has 0 radical (unpaired) electrons. The fourth-order valence-electron chi connectivity index (χ4n) is 2.52. The molecule has 0 N–H and O–H groups in total. The van der Waals surface area contributed by atoms with E-state index < -0.39 is 5.63 Å². The van der Waals surface area contributed by atoms with Crippen LogP contribution < -0.4 is 10.4 Å². The number of likely N-dealkylation sites (tertiary alicyclic amines) is 1. The van der Waals surface area contributed by atoms with Gasteiger partial charge in [0, 0.05) is 19.0 Å². The number of carbonyl (C=O) groups excluding carboxylic acids is 1. The summed E-state index contributed by atoms with van der Waals surface area (Å²) in [6.45, 7) is 4.45. The van der Waals surface area contributed by atoms with Gasteiger partial charge in [0.25, 0.3) is 5.91 Å². The minimum Gasteiger partial charge on any atom is -0.488 e. The highest BCUT2D eigenvalue weighted by Gasteiger charge is 2.30. The highest BCUT2D eigenvalue weighted by Crippen LogP contribution is 2.20. The summed E-state index contributed by atoms with van der Waals surface area (Å²) in [5.41, 5.74) is 0.0258. The number of nitrogens with zero attached hydrogens (tertiary/aromatic N) is 2. The second kappa shape index (κ2) is 5.67. The van der Waals surface area contributed by atoms with Crippen molar-refractivity contribution in [1.29, 1.82) is 0 Å². The van der Waals surface area contributed by atoms with E-state index in [4.69, 9.17) is 13.7 Å². The summed E-state index contributed by atoms with van der Waals surface area (Å²) in [6, 6.07) is 2.97. The van der Waals surface area contributed by atoms with Gasteiger partial charge in [0.15, 0.2) is 0 Å². The van der Waals surface area contributed by atoms with Crippen LogP contribution in [-0.4, -0.2) is 35.2 Å². The van der Waals surface area contributed by atoms with E-state index in [1.54, 1.807) is 24.8 Å². The average molecular weight is 304 g/mol. The summed E-state index contributed by atoms with van der Waals surface area (Å²) in [6.07, 6.45) is 1.98. The standard InChI is InChI=1S/C15H16N2O5/c1-9-5-12(6-14(18)20-9)21-11-3-4-17(8-11)15(19)13-7-16-22-10(13)2/h5-7,11H,3-4,8H2,1-2H3. The van der Waals surface area contributed by atoms with Gasteiger partial charge in [-0.2, -0.15) is 0 Å². The Hall–Kier alpha value is -2.57. The highest BCUT2D eigenvalue weighted by atomic mass is 16.5. The van der Waals surface area contributed by atoms with Gasteiger partial charge in [0.1, 0.15) is 28.9 Å². The van der Waals surface area contributed by atoms with Crippen molar-refractivity contribution in [1.82, 2.24) is 10.1 Å². The first-order valence-electron chi connectivity index (χ1n) is 7.02. The molecule has 0 aromatic carbocycles. The Kier molecular flexibility index (Phi) is 3.70. The first-order chi connectivity index (χ1) is 10.5. The van der Waals surface area contributed by atoms with Gasteiger partial charge in [-0.1, -0.05) is 5.16 Å². The molecule has 22 heavy (non-hydrogen) atoms. The summed E-state index contributed by atoms with van der Waals surface area (Å²) in [5, 5.41) is 3.62. The van der Waals surface area contributed by atoms with E-state index in [0.29, 0.717) is 42.3 Å². The molecule has 1 aliphatic rings. The zero-order valence-corrected chi connectivity index (χ0v) is 12.4. The molecule has 1 aliphatic heterocycles. The SMILES string of the molecule is Cc1cc(OC2CCN(C(=O)c3cnoc3C)C2)cc(=O)o1. The van der Waals surface area contributed by atoms with Gasteiger partial charge in [-0.05, 0) is 13.8 Å². The average Bonchev–Trinajstić information content (AvgIpc) is 3.06. The molecule has 3 heterocycles. The van der Waals surface area contributed by atoms with Crippen LogP contribution in [0, 0.1) is 13.8 Å². The molecule has 1 unspecified atom stereocenters. The van der Waals surface area contributed by atoms with Crippen LogP contribution in [0.1, 0.15) is 28.3 Å². The molecule has 0 bridgehead atoms. The molecule has 7 nitrogen and oxygen atoms in total. The minimum atomic E-state index is -0.443. The predicted octanol–water partition coefficient (Wildman–Crippen LogP) is 1.54. The molecule has 0 saturated carbocycles. The van der Waals surface area contributed by atoms with Gasteiger partial charge in [0.2, 0.25) is 0 Å². The lowest BCUT2D eigenvalue weighted by molar-refractivity contribution is 0.0770. The van der Waals surface area contributed by atoms with Crippen LogP contribution in [0.25, 0.3) is 0 Å². The van der Waals surface area contributed by atoms with E-state index in [2.05, 4.69) is 5.16 Å². The number of hydrogen-bond donors (Lipinski definition) is 0. The quantitative estimate of drug-likeness (QED) is 0.855. The highest BCUT2D eigenvalue weighted by molar-refractivity contribution is 5.94. The van der Waals surface area contributed by atoms with Crippen molar-refractivity contribution in [2.45, 2.75) is 26.4 Å². The number of amides is 1. The summed E-state index contributed by atoms with van der Waals surface area (Å²) in [7, 11) is 0. The number of carbonyl (C=O) groups is 1. The fraction of sp³-hybridized carbons (Fsp3) is 0.400. The van der Waals surface area contributed by atoms with Crippen molar-refractivity contribution in [3.05, 3.63) is 45.8 Å². The van der Waals surface area contributed by atoms with Crippen molar-refractivity contribution < 1.29 is 18.5 Å². The molecule has 2 aromatic rings. The third-order valence-electron chi connectivity index (χ3n) is 3.58. The second-order valence-electron chi connectivity index (χ2n) is 5.30. The van der Waals surface area contributed by atoms with Crippen LogP contribution >= 0.6 is 0 Å². The Bertz CT molecular complexity index is 748. The molecule has 7 heteroatoms. The third-order valence-corrected chi connectivity index (χ3v) is 3.58. The lowest BCUT2D eigenvalue weighted by Gasteiger charge is -2.16. The van der Waals surface area contributed by atoms with Crippen molar-refractivity contribution >= 4 is 5.91 Å². The van der Waals surface area contributed by atoms with Crippen LogP contribution in [0.15, 0.2) is 32.1 Å². The zero-order chi connectivity index (χ0) is 15.7. The molecule has 2 aromatic heterocycles. The minimum absolute atomic E-state index is 0.117. The van der Waals surface area contributed by atoms with Crippen LogP contribution in [0.5, 0.6) is 5.75 Å². The number of aryl methyl sites for hydroxylation is 2. The lowest BCUT2D eigenvalue weighted by Crippen LogP contribution is -2.31. The van der Waals surface area contributed by atoms with Crippen LogP contribution in [0.2, 0.25) is 0 Å². The Labute approximate surface area is 126 Å². The Morgan fingerprint density at radius 3 is 2.91 bits per heavy atom. The van der Waals surface area contributed by atoms with Crippen molar-refractivity contribution in [3.63, 3.8) is 0 Å². The van der Waals surface area contributed by atoms with Gasteiger partial charge in [0.05, 0.1) is 18.8 Å². The molecule has 0 spiro atoms. The summed E-state index contributed by atoms with van der Waals surface area (Å²) in [4.78, 5) is 25.4. The molecule has 1 atom stereocenters. The number of aromatic nitrogens is 1. The lowest BCUT2D eigenvalue weighted by atomic mass is 10.2. The van der Waals surface area contributed by atoms with E-state index in [1.807, 2.05) is 0 Å². The van der Waals surface area contributed by atoms with Gasteiger partial charge in [-0.3, -0.25) is 4.79 Å². The first-order valence-corrected chi connectivity index (χ1v) is 7.02. The largest absolute Gasteiger partial charge is 0.488 e. The van der Waals surface area contributed by atoms with E-state index in [1.165, 1.54) is 12.3 Å². The van der Waals surface area contributed by atoms with Gasteiger partial charge in [-0.25, -0.2) is 4.79 Å². The maximum absolute atomic E-state index is 12.3. The van der Waals surface area contributed by atoms with Crippen molar-refractivity contribution in [2.75, 3.05) is 13.1 Å². The fourth-order valence-corrected chi connectivity index (χ4v) is 2.52. The molecule has 3 rings (SSSR count). The monoisotopic (exact) mass is 304 g/mol. The number of ether oxygens (including phenoxy) is 1. The molecule has 116 valence electrons. The van der Waals surface area contributed by atoms with E-state index in [-0.39, 0.29) is 12.0 Å². The van der Waals surface area contributed by atoms with Gasteiger partial charge >= 0.3 is 5.63 Å². The zero-order valence-electron chi connectivity index (χ0n) is 12.4. The van der Waals surface area contributed by atoms with Crippen LogP contribution in [-0.2, 0) is 0 Å². The number of hydrogen-bond acceptors (Lipinski definition) is 6. The van der Waals surface area contributed by atoms with Gasteiger partial charge < -0.3 is 18.6 Å². The Balaban J connectivity index is 1.66. The molecular weight excluding hydrogens is 288 g/mol. The second-order valence-corrected chi connectivity index (χ2v) is 5.30. The van der Waals surface area contributed by atoms with E-state index in [0.717, 1.165) is 0 Å². The maximum Gasteiger partial charge on any atom is 0.339 e. The molecule has 1 saturated heterocycles. The summed E-state index contributed by atoms with van der Waals surface area (Å²) >= 11 is 0. The van der Waals surface area contributed by atoms with Crippen LogP contribution in [0.3, 0.4) is 0 Å². The smallest absolute Gasteiger partial charge is 0.339 e. The van der Waals surface area contributed by atoms with Gasteiger partial charge in [-0.15, -0.1) is 0 Å². The molecule has 1 fully saturated rings. The predicted molar refractivity (Wildman–Crippen MR) is 75.9 cm³/mol. The third kappa shape index (κ3) is 2.88. The van der Waals surface area contributed by atoms with Crippen LogP contribution in [0.4, 0.5) is 0 Å². The number of rotatable bonds is 3.